The molecule has 3 heterocycles. The molecule has 9 heteroatoms. The first-order chi connectivity index (χ1) is 16.8. The van der Waals surface area contributed by atoms with Crippen LogP contribution in [0.2, 0.25) is 0 Å². The van der Waals surface area contributed by atoms with Crippen LogP contribution in [0.1, 0.15) is 83.0 Å². The largest absolute Gasteiger partial charge is 0.479 e. The van der Waals surface area contributed by atoms with Crippen LogP contribution in [0.15, 0.2) is 35.0 Å². The number of nitriles is 1. The van der Waals surface area contributed by atoms with Crippen LogP contribution in [-0.4, -0.2) is 55.9 Å². The van der Waals surface area contributed by atoms with Gasteiger partial charge in [0.1, 0.15) is 11.8 Å². The van der Waals surface area contributed by atoms with Gasteiger partial charge in [-0.15, -0.1) is 0 Å². The molecule has 3 N–H and O–H groups in total. The molecule has 192 valence electrons. The van der Waals surface area contributed by atoms with Crippen molar-refractivity contribution in [2.24, 2.45) is 16.3 Å². The van der Waals surface area contributed by atoms with Gasteiger partial charge in [0.25, 0.3) is 5.91 Å². The Labute approximate surface area is 211 Å². The summed E-state index contributed by atoms with van der Waals surface area (Å²) in [5.41, 5.74) is 0.538. The van der Waals surface area contributed by atoms with Gasteiger partial charge in [0.2, 0.25) is 0 Å². The molecule has 4 rings (SSSR count). The number of imidazole rings is 1. The highest BCUT2D eigenvalue weighted by atomic mass is 16.5. The molecule has 36 heavy (non-hydrogen) atoms. The van der Waals surface area contributed by atoms with Gasteiger partial charge in [0, 0.05) is 11.6 Å². The molecule has 0 aromatic carbocycles. The number of nitrogens with zero attached hydrogens (tertiary/aromatic N) is 3. The number of H-pyrrole nitrogens is 1. The Bertz CT molecular complexity index is 1180. The fraction of sp³-hybridized carbons (Fsp3) is 0.593. The maximum Gasteiger partial charge on any atom is 0.335 e. The Morgan fingerprint density at radius 3 is 2.61 bits per heavy atom. The van der Waals surface area contributed by atoms with E-state index < -0.39 is 23.1 Å². The number of amides is 1. The summed E-state index contributed by atoms with van der Waals surface area (Å²) >= 11 is 0. The SMILES string of the molecule is CC1(C)CC=C(C2N=C(C3CC(C)(C)OC(C)(C(=O)O)C3)C=CC2NC(=O)c2ncc(C#N)[nH]2)CC1. The summed E-state index contributed by atoms with van der Waals surface area (Å²) in [6.07, 6.45) is 11.2. The van der Waals surface area contributed by atoms with Crippen molar-refractivity contribution in [1.29, 1.82) is 5.26 Å². The molecule has 1 aliphatic carbocycles. The lowest BCUT2D eigenvalue weighted by atomic mass is 9.74. The van der Waals surface area contributed by atoms with E-state index in [0.29, 0.717) is 12.8 Å². The van der Waals surface area contributed by atoms with Crippen LogP contribution in [0, 0.1) is 22.7 Å². The number of aromatic amines is 1. The summed E-state index contributed by atoms with van der Waals surface area (Å²) in [6, 6.07) is 1.26. The number of rotatable bonds is 5. The maximum atomic E-state index is 12.9. The Morgan fingerprint density at radius 2 is 2.00 bits per heavy atom. The van der Waals surface area contributed by atoms with Crippen LogP contribution in [0.3, 0.4) is 0 Å². The quantitative estimate of drug-likeness (QED) is 0.531. The first-order valence-corrected chi connectivity index (χ1v) is 12.5. The minimum Gasteiger partial charge on any atom is -0.479 e. The number of hydrogen-bond acceptors (Lipinski definition) is 6. The van der Waals surface area contributed by atoms with Crippen molar-refractivity contribution in [2.45, 2.75) is 90.0 Å². The Kier molecular flexibility index (Phi) is 6.69. The van der Waals surface area contributed by atoms with Crippen molar-refractivity contribution < 1.29 is 19.4 Å². The van der Waals surface area contributed by atoms with Crippen molar-refractivity contribution in [3.05, 3.63) is 41.5 Å². The normalized spacial score (nSPS) is 31.1. The number of aliphatic imine (C=N–C) groups is 1. The lowest BCUT2D eigenvalue weighted by Crippen LogP contribution is -2.53. The number of aliphatic carboxylic acids is 1. The third-order valence-corrected chi connectivity index (χ3v) is 7.45. The Hall–Kier alpha value is -3.25. The first-order valence-electron chi connectivity index (χ1n) is 12.5. The highest BCUT2D eigenvalue weighted by molar-refractivity contribution is 5.99. The second-order valence-electron chi connectivity index (χ2n) is 11.8. The third-order valence-electron chi connectivity index (χ3n) is 7.45. The molecule has 0 bridgehead atoms. The minimum atomic E-state index is -1.30. The van der Waals surface area contributed by atoms with Gasteiger partial charge in [-0.05, 0) is 69.9 Å². The number of carboxylic acids is 1. The topological polar surface area (TPSA) is 140 Å². The molecule has 1 fully saturated rings. The van der Waals surface area contributed by atoms with Gasteiger partial charge in [-0.2, -0.15) is 5.26 Å². The van der Waals surface area contributed by atoms with E-state index in [1.54, 1.807) is 6.92 Å². The molecule has 1 amide bonds. The van der Waals surface area contributed by atoms with E-state index >= 15 is 0 Å². The van der Waals surface area contributed by atoms with Gasteiger partial charge >= 0.3 is 5.97 Å². The third kappa shape index (κ3) is 5.44. The molecule has 0 spiro atoms. The molecule has 2 aliphatic heterocycles. The molecule has 1 aromatic rings. The Morgan fingerprint density at radius 1 is 1.25 bits per heavy atom. The molecule has 1 saturated heterocycles. The summed E-state index contributed by atoms with van der Waals surface area (Å²) in [5.74, 6) is -1.39. The van der Waals surface area contributed by atoms with Crippen LogP contribution in [-0.2, 0) is 9.53 Å². The zero-order valence-electron chi connectivity index (χ0n) is 21.6. The number of hydrogen-bond donors (Lipinski definition) is 3. The molecule has 4 unspecified atom stereocenters. The standard InChI is InChI=1S/C27H35N5O4/c1-25(2)10-8-16(9-11-25)21-20(32-23(33)22-29-15-18(14-28)30-22)7-6-19(31-21)17-12-26(3,4)36-27(5,13-17)24(34)35/h6-8,15,17,20-21H,9-13H2,1-5H3,(H,29,30)(H,32,33)(H,34,35). The van der Waals surface area contributed by atoms with Crippen LogP contribution in [0.25, 0.3) is 0 Å². The fourth-order valence-electron chi connectivity index (χ4n) is 5.52. The fourth-order valence-corrected chi connectivity index (χ4v) is 5.52. The van der Waals surface area contributed by atoms with E-state index in [-0.39, 0.29) is 34.9 Å². The van der Waals surface area contributed by atoms with E-state index in [0.717, 1.165) is 25.0 Å². The summed E-state index contributed by atoms with van der Waals surface area (Å²) in [7, 11) is 0. The summed E-state index contributed by atoms with van der Waals surface area (Å²) < 4.78 is 5.96. The van der Waals surface area contributed by atoms with Crippen molar-refractivity contribution in [3.8, 4) is 6.07 Å². The molecule has 1 aromatic heterocycles. The summed E-state index contributed by atoms with van der Waals surface area (Å²) in [5, 5.41) is 21.9. The summed E-state index contributed by atoms with van der Waals surface area (Å²) in [4.78, 5) is 36.8. The molecule has 0 radical (unpaired) electrons. The Balaban J connectivity index is 1.63. The number of dihydropyridines is 1. The lowest BCUT2D eigenvalue weighted by molar-refractivity contribution is -0.201. The maximum absolute atomic E-state index is 12.9. The second-order valence-corrected chi connectivity index (χ2v) is 11.8. The number of carboxylic acid groups (broad SMARTS) is 1. The van der Waals surface area contributed by atoms with Crippen LogP contribution in [0.5, 0.6) is 0 Å². The van der Waals surface area contributed by atoms with Crippen LogP contribution in [0.4, 0.5) is 0 Å². The zero-order valence-corrected chi connectivity index (χ0v) is 21.6. The highest BCUT2D eigenvalue weighted by Gasteiger charge is 2.48. The van der Waals surface area contributed by atoms with Crippen LogP contribution >= 0.6 is 0 Å². The van der Waals surface area contributed by atoms with Gasteiger partial charge in [-0.3, -0.25) is 9.79 Å². The van der Waals surface area contributed by atoms with Crippen LogP contribution < -0.4 is 5.32 Å². The number of carbonyl (C=O) groups is 2. The predicted molar refractivity (Wildman–Crippen MR) is 135 cm³/mol. The van der Waals surface area contributed by atoms with Gasteiger partial charge < -0.3 is 20.1 Å². The second kappa shape index (κ2) is 9.32. The van der Waals surface area contributed by atoms with Gasteiger partial charge in [-0.25, -0.2) is 9.78 Å². The van der Waals surface area contributed by atoms with Crippen molar-refractivity contribution in [2.75, 3.05) is 0 Å². The molecular weight excluding hydrogens is 458 g/mol. The lowest BCUT2D eigenvalue weighted by Gasteiger charge is -2.45. The smallest absolute Gasteiger partial charge is 0.335 e. The first kappa shape index (κ1) is 25.8. The van der Waals surface area contributed by atoms with Gasteiger partial charge in [0.05, 0.1) is 23.9 Å². The van der Waals surface area contributed by atoms with E-state index in [2.05, 4.69) is 35.2 Å². The number of carbonyl (C=O) groups excluding carboxylic acids is 1. The van der Waals surface area contributed by atoms with E-state index in [9.17, 15) is 14.7 Å². The number of ether oxygens (including phenoxy) is 1. The van der Waals surface area contributed by atoms with Crippen molar-refractivity contribution in [3.63, 3.8) is 0 Å². The minimum absolute atomic E-state index is 0.0793. The van der Waals surface area contributed by atoms with Gasteiger partial charge in [-0.1, -0.05) is 26.0 Å². The molecule has 9 nitrogen and oxygen atoms in total. The average Bonchev–Trinajstić information content (AvgIpc) is 3.28. The van der Waals surface area contributed by atoms with E-state index in [4.69, 9.17) is 15.0 Å². The molecule has 4 atom stereocenters. The number of allylic oxidation sites excluding steroid dienone is 2. The molecular formula is C27H35N5O4. The number of nitrogens with one attached hydrogen (secondary N) is 2. The summed E-state index contributed by atoms with van der Waals surface area (Å²) in [6.45, 7) is 9.95. The van der Waals surface area contributed by atoms with E-state index in [1.165, 1.54) is 11.8 Å². The molecule has 0 saturated carbocycles. The van der Waals surface area contributed by atoms with Crippen molar-refractivity contribution in [1.82, 2.24) is 15.3 Å². The van der Waals surface area contributed by atoms with Crippen molar-refractivity contribution >= 4 is 17.6 Å². The molecule has 3 aliphatic rings. The zero-order chi connectivity index (χ0) is 26.3. The highest BCUT2D eigenvalue weighted by Crippen LogP contribution is 2.42. The van der Waals surface area contributed by atoms with E-state index in [1.807, 2.05) is 32.1 Å². The van der Waals surface area contributed by atoms with Gasteiger partial charge in [0.15, 0.2) is 11.4 Å². The monoisotopic (exact) mass is 493 g/mol. The predicted octanol–water partition coefficient (Wildman–Crippen LogP) is 3.94. The average molecular weight is 494 g/mol. The number of aromatic nitrogens is 2.